The summed E-state index contributed by atoms with van der Waals surface area (Å²) in [5, 5.41) is 3.64. The Morgan fingerprint density at radius 1 is 1.43 bits per heavy atom. The highest BCUT2D eigenvalue weighted by Gasteiger charge is 2.11. The van der Waals surface area contributed by atoms with Gasteiger partial charge in [0, 0.05) is 5.69 Å². The molecule has 4 heteroatoms. The molecular weight excluding hydrogens is 200 g/mol. The molecule has 2 aromatic heterocycles. The van der Waals surface area contributed by atoms with Gasteiger partial charge in [-0.3, -0.25) is 4.79 Å². The number of rotatable bonds is 1. The largest absolute Gasteiger partial charge is 0.275 e. The number of hydrogen-bond donors (Lipinski definition) is 0. The predicted molar refractivity (Wildman–Crippen MR) is 54.8 cm³/mol. The molecule has 2 rings (SSSR count). The van der Waals surface area contributed by atoms with Crippen LogP contribution in [0.25, 0.3) is 5.52 Å². The minimum Gasteiger partial charge on any atom is -0.275 e. The maximum atomic E-state index is 11.0. The molecule has 0 radical (unpaired) electrons. The third kappa shape index (κ3) is 1.21. The summed E-state index contributed by atoms with van der Waals surface area (Å²) in [4.78, 5) is 11.0. The Kier molecular flexibility index (Phi) is 2.04. The molecule has 0 aliphatic carbocycles. The van der Waals surface area contributed by atoms with Crippen LogP contribution in [-0.4, -0.2) is 14.9 Å². The van der Waals surface area contributed by atoms with E-state index in [2.05, 4.69) is 5.10 Å². The van der Waals surface area contributed by atoms with Crippen molar-refractivity contribution in [3.63, 3.8) is 0 Å². The van der Waals surface area contributed by atoms with Gasteiger partial charge in [-0.2, -0.15) is 5.10 Å². The molecule has 0 atom stereocenters. The van der Waals surface area contributed by atoms with E-state index in [4.69, 9.17) is 11.6 Å². The van der Waals surface area contributed by atoms with E-state index < -0.39 is 5.24 Å². The SMILES string of the molecule is Cc1ccc2c(C(=O)Cl)cnn2c1C. The van der Waals surface area contributed by atoms with Crippen molar-refractivity contribution in [2.75, 3.05) is 0 Å². The molecule has 2 aromatic rings. The molecule has 0 saturated heterocycles. The number of aryl methyl sites for hydroxylation is 2. The number of carbonyl (C=O) groups is 1. The first-order chi connectivity index (χ1) is 6.61. The molecule has 0 bridgehead atoms. The van der Waals surface area contributed by atoms with Crippen LogP contribution in [0.4, 0.5) is 0 Å². The molecule has 0 saturated carbocycles. The fourth-order valence-electron chi connectivity index (χ4n) is 1.43. The van der Waals surface area contributed by atoms with Gasteiger partial charge in [0.25, 0.3) is 5.24 Å². The van der Waals surface area contributed by atoms with Crippen molar-refractivity contribution < 1.29 is 4.79 Å². The van der Waals surface area contributed by atoms with Crippen molar-refractivity contribution in [1.29, 1.82) is 0 Å². The van der Waals surface area contributed by atoms with E-state index in [1.54, 1.807) is 4.52 Å². The summed E-state index contributed by atoms with van der Waals surface area (Å²) in [6.07, 6.45) is 1.50. The van der Waals surface area contributed by atoms with Gasteiger partial charge < -0.3 is 0 Å². The first-order valence-corrected chi connectivity index (χ1v) is 4.63. The fourth-order valence-corrected chi connectivity index (χ4v) is 1.57. The van der Waals surface area contributed by atoms with Crippen LogP contribution in [-0.2, 0) is 0 Å². The summed E-state index contributed by atoms with van der Waals surface area (Å²) in [5.74, 6) is 0. The molecule has 0 fully saturated rings. The lowest BCUT2D eigenvalue weighted by atomic mass is 10.2. The Bertz CT molecular complexity index is 516. The number of halogens is 1. The maximum Gasteiger partial charge on any atom is 0.256 e. The third-order valence-electron chi connectivity index (χ3n) is 2.40. The van der Waals surface area contributed by atoms with Crippen LogP contribution in [0.1, 0.15) is 21.6 Å². The maximum absolute atomic E-state index is 11.0. The highest BCUT2D eigenvalue weighted by atomic mass is 35.5. The molecule has 0 amide bonds. The first kappa shape index (κ1) is 9.21. The fraction of sp³-hybridized carbons (Fsp3) is 0.200. The Morgan fingerprint density at radius 2 is 2.14 bits per heavy atom. The van der Waals surface area contributed by atoms with E-state index in [1.807, 2.05) is 26.0 Å². The van der Waals surface area contributed by atoms with Crippen LogP contribution in [0.5, 0.6) is 0 Å². The lowest BCUT2D eigenvalue weighted by Gasteiger charge is -2.02. The average Bonchev–Trinajstić information content (AvgIpc) is 2.55. The highest BCUT2D eigenvalue weighted by Crippen LogP contribution is 2.16. The quantitative estimate of drug-likeness (QED) is 0.675. The molecule has 0 N–H and O–H groups in total. The highest BCUT2D eigenvalue weighted by molar-refractivity contribution is 6.68. The third-order valence-corrected chi connectivity index (χ3v) is 2.60. The zero-order chi connectivity index (χ0) is 10.3. The first-order valence-electron chi connectivity index (χ1n) is 4.25. The van der Waals surface area contributed by atoms with Gasteiger partial charge in [0.15, 0.2) is 0 Å². The molecular formula is C10H9ClN2O. The van der Waals surface area contributed by atoms with Gasteiger partial charge in [0.05, 0.1) is 17.3 Å². The van der Waals surface area contributed by atoms with Crippen molar-refractivity contribution in [2.45, 2.75) is 13.8 Å². The Balaban J connectivity index is 2.83. The lowest BCUT2D eigenvalue weighted by Crippen LogP contribution is -1.96. The predicted octanol–water partition coefficient (Wildman–Crippen LogP) is 2.33. The Labute approximate surface area is 86.3 Å². The lowest BCUT2D eigenvalue weighted by molar-refractivity contribution is 0.108. The second-order valence-electron chi connectivity index (χ2n) is 3.23. The summed E-state index contributed by atoms with van der Waals surface area (Å²) < 4.78 is 1.73. The second-order valence-corrected chi connectivity index (χ2v) is 3.57. The Hall–Kier alpha value is -1.35. The van der Waals surface area contributed by atoms with Gasteiger partial charge in [0.1, 0.15) is 0 Å². The summed E-state index contributed by atoms with van der Waals surface area (Å²) in [6.45, 7) is 3.95. The standard InChI is InChI=1S/C10H9ClN2O/c1-6-3-4-9-8(10(11)14)5-12-13(9)7(6)2/h3-5H,1-2H3. The number of aromatic nitrogens is 2. The van der Waals surface area contributed by atoms with Crippen molar-refractivity contribution in [3.05, 3.63) is 35.2 Å². The molecule has 2 heterocycles. The molecule has 14 heavy (non-hydrogen) atoms. The normalized spacial score (nSPS) is 10.8. The molecule has 3 nitrogen and oxygen atoms in total. The Morgan fingerprint density at radius 3 is 2.79 bits per heavy atom. The molecule has 0 aromatic carbocycles. The summed E-state index contributed by atoms with van der Waals surface area (Å²) >= 11 is 5.42. The minimum atomic E-state index is -0.469. The van der Waals surface area contributed by atoms with Gasteiger partial charge in [-0.1, -0.05) is 6.07 Å². The van der Waals surface area contributed by atoms with Crippen LogP contribution in [0, 0.1) is 13.8 Å². The molecule has 0 unspecified atom stereocenters. The number of carbonyl (C=O) groups excluding carboxylic acids is 1. The van der Waals surface area contributed by atoms with E-state index in [0.29, 0.717) is 5.56 Å². The van der Waals surface area contributed by atoms with Gasteiger partial charge in [-0.05, 0) is 37.1 Å². The van der Waals surface area contributed by atoms with E-state index in [1.165, 1.54) is 6.20 Å². The van der Waals surface area contributed by atoms with E-state index >= 15 is 0 Å². The molecule has 0 spiro atoms. The zero-order valence-electron chi connectivity index (χ0n) is 7.91. The van der Waals surface area contributed by atoms with Crippen molar-refractivity contribution in [2.24, 2.45) is 0 Å². The molecule has 0 aliphatic rings. The van der Waals surface area contributed by atoms with Gasteiger partial charge in [-0.25, -0.2) is 4.52 Å². The number of fused-ring (bicyclic) bond motifs is 1. The van der Waals surface area contributed by atoms with Crippen molar-refractivity contribution in [1.82, 2.24) is 9.61 Å². The smallest absolute Gasteiger partial charge is 0.256 e. The van der Waals surface area contributed by atoms with E-state index in [-0.39, 0.29) is 0 Å². The number of pyridine rings is 1. The number of nitrogens with zero attached hydrogens (tertiary/aromatic N) is 2. The number of hydrogen-bond acceptors (Lipinski definition) is 2. The van der Waals surface area contributed by atoms with Crippen LogP contribution in [0.15, 0.2) is 18.3 Å². The van der Waals surface area contributed by atoms with E-state index in [9.17, 15) is 4.79 Å². The zero-order valence-corrected chi connectivity index (χ0v) is 8.67. The van der Waals surface area contributed by atoms with Crippen molar-refractivity contribution in [3.8, 4) is 0 Å². The van der Waals surface area contributed by atoms with Crippen LogP contribution in [0.3, 0.4) is 0 Å². The van der Waals surface area contributed by atoms with Crippen LogP contribution < -0.4 is 0 Å². The van der Waals surface area contributed by atoms with Gasteiger partial charge >= 0.3 is 0 Å². The summed E-state index contributed by atoms with van der Waals surface area (Å²) in [7, 11) is 0. The van der Waals surface area contributed by atoms with Gasteiger partial charge in [-0.15, -0.1) is 0 Å². The molecule has 72 valence electrons. The van der Waals surface area contributed by atoms with Gasteiger partial charge in [0.2, 0.25) is 0 Å². The monoisotopic (exact) mass is 208 g/mol. The van der Waals surface area contributed by atoms with Crippen molar-refractivity contribution >= 4 is 22.4 Å². The van der Waals surface area contributed by atoms with Crippen LogP contribution >= 0.6 is 11.6 Å². The minimum absolute atomic E-state index is 0.453. The summed E-state index contributed by atoms with van der Waals surface area (Å²) in [5.41, 5.74) is 3.36. The second kappa shape index (κ2) is 3.10. The average molecular weight is 209 g/mol. The topological polar surface area (TPSA) is 34.4 Å². The molecule has 0 aliphatic heterocycles. The van der Waals surface area contributed by atoms with E-state index in [0.717, 1.165) is 16.8 Å². The summed E-state index contributed by atoms with van der Waals surface area (Å²) in [6, 6.07) is 3.81. The van der Waals surface area contributed by atoms with Crippen LogP contribution in [0.2, 0.25) is 0 Å².